The van der Waals surface area contributed by atoms with Crippen molar-refractivity contribution in [2.45, 2.75) is 46.3 Å². The molecule has 1 aliphatic heterocycles. The van der Waals surface area contributed by atoms with E-state index < -0.39 is 0 Å². The maximum Gasteiger partial charge on any atom is 0.244 e. The minimum atomic E-state index is -0.0530. The molecule has 4 rings (SSSR count). The summed E-state index contributed by atoms with van der Waals surface area (Å²) in [6.07, 6.45) is 2.42. The van der Waals surface area contributed by atoms with Gasteiger partial charge >= 0.3 is 0 Å². The molecule has 28 heavy (non-hydrogen) atoms. The van der Waals surface area contributed by atoms with E-state index in [-0.39, 0.29) is 12.5 Å². The molecule has 0 bridgehead atoms. The highest BCUT2D eigenvalue weighted by Gasteiger charge is 2.19. The molecule has 1 amide bonds. The Morgan fingerprint density at radius 2 is 1.96 bits per heavy atom. The number of benzene rings is 1. The fourth-order valence-corrected chi connectivity index (χ4v) is 3.56. The van der Waals surface area contributed by atoms with Crippen molar-refractivity contribution in [1.29, 1.82) is 0 Å². The first kappa shape index (κ1) is 18.5. The van der Waals surface area contributed by atoms with Crippen LogP contribution in [0.4, 0.5) is 0 Å². The molecule has 0 saturated carbocycles. The summed E-state index contributed by atoms with van der Waals surface area (Å²) in [4.78, 5) is 24.6. The Labute approximate surface area is 163 Å². The number of tetrazole rings is 1. The van der Waals surface area contributed by atoms with Gasteiger partial charge in [0.25, 0.3) is 0 Å². The molecular formula is C19H26N8O. The van der Waals surface area contributed by atoms with Crippen LogP contribution in [0.25, 0.3) is 11.0 Å². The van der Waals surface area contributed by atoms with E-state index in [1.807, 2.05) is 0 Å². The number of likely N-dealkylation sites (N-methyl/N-ethyl adjacent to an activating group) is 1. The number of nitrogens with one attached hydrogen (secondary N) is 1. The third kappa shape index (κ3) is 3.89. The number of aromatic amines is 1. The van der Waals surface area contributed by atoms with Crippen molar-refractivity contribution < 1.29 is 4.79 Å². The average molecular weight is 382 g/mol. The first-order chi connectivity index (χ1) is 13.5. The Hall–Kier alpha value is -2.81. The molecule has 0 atom stereocenters. The molecule has 3 aromatic rings. The van der Waals surface area contributed by atoms with Crippen LogP contribution >= 0.6 is 0 Å². The lowest BCUT2D eigenvalue weighted by molar-refractivity contribution is -0.131. The summed E-state index contributed by atoms with van der Waals surface area (Å²) in [7, 11) is 1.77. The molecule has 1 aliphatic rings. The summed E-state index contributed by atoms with van der Waals surface area (Å²) < 4.78 is 1.60. The van der Waals surface area contributed by atoms with Crippen molar-refractivity contribution in [3.8, 4) is 0 Å². The van der Waals surface area contributed by atoms with Gasteiger partial charge in [0.2, 0.25) is 5.91 Å². The first-order valence-corrected chi connectivity index (χ1v) is 9.67. The van der Waals surface area contributed by atoms with E-state index in [1.54, 1.807) is 16.6 Å². The number of imidazole rings is 1. The van der Waals surface area contributed by atoms with Crippen LogP contribution in [0.2, 0.25) is 0 Å². The predicted molar refractivity (Wildman–Crippen MR) is 104 cm³/mol. The zero-order valence-electron chi connectivity index (χ0n) is 16.6. The van der Waals surface area contributed by atoms with E-state index in [9.17, 15) is 4.79 Å². The number of hydrogen-bond donors (Lipinski definition) is 1. The number of rotatable bonds is 6. The van der Waals surface area contributed by atoms with E-state index in [2.05, 4.69) is 56.4 Å². The molecule has 0 unspecified atom stereocenters. The van der Waals surface area contributed by atoms with Crippen molar-refractivity contribution in [2.75, 3.05) is 20.1 Å². The molecule has 1 aromatic carbocycles. The summed E-state index contributed by atoms with van der Waals surface area (Å²) in [5, 5.41) is 11.8. The van der Waals surface area contributed by atoms with Crippen LogP contribution in [0.3, 0.4) is 0 Å². The molecule has 9 nitrogen and oxygen atoms in total. The van der Waals surface area contributed by atoms with E-state index in [1.165, 1.54) is 24.0 Å². The normalized spacial score (nSPS) is 14.8. The van der Waals surface area contributed by atoms with Crippen LogP contribution in [0.5, 0.6) is 0 Å². The predicted octanol–water partition coefficient (Wildman–Crippen LogP) is 1.42. The van der Waals surface area contributed by atoms with Gasteiger partial charge in [0.15, 0.2) is 5.82 Å². The summed E-state index contributed by atoms with van der Waals surface area (Å²) in [6, 6.07) is 4.16. The molecule has 3 heterocycles. The van der Waals surface area contributed by atoms with Crippen LogP contribution < -0.4 is 0 Å². The minimum absolute atomic E-state index is 0.0530. The highest BCUT2D eigenvalue weighted by atomic mass is 16.2. The van der Waals surface area contributed by atoms with Crippen LogP contribution in [-0.4, -0.2) is 66.0 Å². The number of aromatic nitrogens is 6. The van der Waals surface area contributed by atoms with Crippen LogP contribution in [0.15, 0.2) is 12.1 Å². The van der Waals surface area contributed by atoms with Crippen molar-refractivity contribution in [3.63, 3.8) is 0 Å². The van der Waals surface area contributed by atoms with E-state index in [4.69, 9.17) is 0 Å². The maximum atomic E-state index is 12.7. The van der Waals surface area contributed by atoms with Crippen LogP contribution in [0, 0.1) is 13.8 Å². The Bertz CT molecular complexity index is 946. The van der Waals surface area contributed by atoms with E-state index in [0.717, 1.165) is 35.8 Å². The zero-order chi connectivity index (χ0) is 19.7. The Kier molecular flexibility index (Phi) is 5.08. The summed E-state index contributed by atoms with van der Waals surface area (Å²) >= 11 is 0. The lowest BCUT2D eigenvalue weighted by Gasteiger charge is -2.17. The second kappa shape index (κ2) is 7.67. The zero-order valence-corrected chi connectivity index (χ0v) is 16.6. The van der Waals surface area contributed by atoms with Gasteiger partial charge in [-0.1, -0.05) is 0 Å². The first-order valence-electron chi connectivity index (χ1n) is 9.67. The number of hydrogen-bond acceptors (Lipinski definition) is 6. The monoisotopic (exact) mass is 382 g/mol. The molecule has 9 heteroatoms. The van der Waals surface area contributed by atoms with Gasteiger partial charge in [-0.15, -0.1) is 5.10 Å². The molecule has 0 aliphatic carbocycles. The smallest absolute Gasteiger partial charge is 0.244 e. The molecule has 1 N–H and O–H groups in total. The molecule has 0 radical (unpaired) electrons. The van der Waals surface area contributed by atoms with Crippen molar-refractivity contribution in [3.05, 3.63) is 34.9 Å². The van der Waals surface area contributed by atoms with Crippen molar-refractivity contribution in [1.82, 2.24) is 40.0 Å². The quantitative estimate of drug-likeness (QED) is 0.693. The maximum absolute atomic E-state index is 12.7. The van der Waals surface area contributed by atoms with Crippen molar-refractivity contribution >= 4 is 16.9 Å². The number of aryl methyl sites for hydroxylation is 2. The number of carbonyl (C=O) groups is 1. The molecule has 2 aromatic heterocycles. The lowest BCUT2D eigenvalue weighted by Crippen LogP contribution is -2.32. The summed E-state index contributed by atoms with van der Waals surface area (Å²) in [5.74, 6) is 1.45. The topological polar surface area (TPSA) is 95.8 Å². The third-order valence-corrected chi connectivity index (χ3v) is 5.41. The number of amides is 1. The van der Waals surface area contributed by atoms with E-state index in [0.29, 0.717) is 13.1 Å². The Morgan fingerprint density at radius 3 is 2.75 bits per heavy atom. The number of nitrogens with zero attached hydrogens (tertiary/aromatic N) is 7. The fraction of sp³-hybridized carbons (Fsp3) is 0.526. The summed E-state index contributed by atoms with van der Waals surface area (Å²) in [6.45, 7) is 7.51. The fourth-order valence-electron chi connectivity index (χ4n) is 3.56. The van der Waals surface area contributed by atoms with Crippen molar-refractivity contribution in [2.24, 2.45) is 0 Å². The molecular weight excluding hydrogens is 356 g/mol. The van der Waals surface area contributed by atoms with Gasteiger partial charge < -0.3 is 9.88 Å². The number of H-pyrrole nitrogens is 1. The number of carbonyl (C=O) groups excluding carboxylic acids is 1. The second-order valence-electron chi connectivity index (χ2n) is 7.62. The van der Waals surface area contributed by atoms with E-state index >= 15 is 0 Å². The number of likely N-dealkylation sites (tertiary alicyclic amines) is 1. The van der Waals surface area contributed by atoms with Crippen LogP contribution in [-0.2, 0) is 24.4 Å². The SMILES string of the molecule is Cc1cc2nc(CN(C)C(=O)Cn3nnnc3CN3CCCC3)[nH]c2cc1C. The van der Waals surface area contributed by atoms with Gasteiger partial charge in [-0.25, -0.2) is 9.67 Å². The summed E-state index contributed by atoms with van der Waals surface area (Å²) in [5.41, 5.74) is 4.34. The standard InChI is InChI=1S/C19H26N8O/c1-13-8-15-16(9-14(13)2)21-17(20-15)10-25(3)19(28)12-27-18(22-23-24-27)11-26-6-4-5-7-26/h8-9H,4-7,10-12H2,1-3H3,(H,20,21). The minimum Gasteiger partial charge on any atom is -0.340 e. The largest absolute Gasteiger partial charge is 0.340 e. The van der Waals surface area contributed by atoms with Gasteiger partial charge in [-0.05, 0) is 73.5 Å². The Balaban J connectivity index is 1.41. The molecule has 0 spiro atoms. The lowest BCUT2D eigenvalue weighted by atomic mass is 10.1. The highest BCUT2D eigenvalue weighted by molar-refractivity contribution is 5.78. The highest BCUT2D eigenvalue weighted by Crippen LogP contribution is 2.18. The van der Waals surface area contributed by atoms with Crippen LogP contribution in [0.1, 0.15) is 35.6 Å². The third-order valence-electron chi connectivity index (χ3n) is 5.41. The molecule has 1 saturated heterocycles. The molecule has 1 fully saturated rings. The van der Waals surface area contributed by atoms with Gasteiger partial charge in [-0.3, -0.25) is 9.69 Å². The molecule has 148 valence electrons. The Morgan fingerprint density at radius 1 is 1.21 bits per heavy atom. The van der Waals surface area contributed by atoms with Gasteiger partial charge in [0.05, 0.1) is 24.1 Å². The second-order valence-corrected chi connectivity index (χ2v) is 7.62. The number of fused-ring (bicyclic) bond motifs is 1. The van der Waals surface area contributed by atoms with Gasteiger partial charge in [0, 0.05) is 7.05 Å². The average Bonchev–Trinajstić information content (AvgIpc) is 3.38. The van der Waals surface area contributed by atoms with Gasteiger partial charge in [-0.2, -0.15) is 0 Å². The van der Waals surface area contributed by atoms with Gasteiger partial charge in [0.1, 0.15) is 12.4 Å².